The molecule has 12 aromatic carbocycles. The predicted octanol–water partition coefficient (Wildman–Crippen LogP) is 23.5. The average molecular weight is 1210 g/mol. The van der Waals surface area contributed by atoms with Crippen molar-refractivity contribution in [3.8, 4) is 55.6 Å². The van der Waals surface area contributed by atoms with Crippen molar-refractivity contribution in [2.45, 2.75) is 131 Å². The minimum Gasteiger partial charge on any atom is -0.356 e. The maximum atomic E-state index is 4.34. The summed E-state index contributed by atoms with van der Waals surface area (Å²) in [5.74, 6) is 0. The van der Waals surface area contributed by atoms with Gasteiger partial charge in [0.1, 0.15) is 0 Å². The second-order valence-corrected chi connectivity index (χ2v) is 32.5. The molecule has 0 atom stereocenters. The molecule has 2 aliphatic rings. The van der Waals surface area contributed by atoms with Crippen molar-refractivity contribution in [2.75, 3.05) is 10.2 Å². The number of rotatable bonds is 6. The van der Waals surface area contributed by atoms with Gasteiger partial charge in [0.05, 0.1) is 11.4 Å². The van der Waals surface area contributed by atoms with Crippen LogP contribution in [0.2, 0.25) is 0 Å². The molecule has 1 N–H and O–H groups in total. The number of fused-ring (bicyclic) bond motifs is 12. The SMILES string of the molecule is CC(C)(C)c1ccc(-c2cc3c(c(-c4c(-c5ccc(C(C)(C)C)cc5)cccc4-c4ccc(C(C)(C)C)cc4)c2)Nc2cccc4c2B3c2sc3ccc(C(C)(C)C)cc3c2N4c2ccc(C(C)(C)C)cc2-c2ccc3c4ccccc4c4ccccc4c3c2)cc1. The Kier molecular flexibility index (Phi) is 13.7. The van der Waals surface area contributed by atoms with E-state index in [-0.39, 0.29) is 33.8 Å². The van der Waals surface area contributed by atoms with E-state index in [4.69, 9.17) is 0 Å². The van der Waals surface area contributed by atoms with E-state index >= 15 is 0 Å². The van der Waals surface area contributed by atoms with E-state index in [0.717, 1.165) is 11.4 Å². The molecular weight excluding hydrogens is 1130 g/mol. The molecule has 92 heavy (non-hydrogen) atoms. The topological polar surface area (TPSA) is 15.3 Å². The number of hydrogen-bond acceptors (Lipinski definition) is 3. The lowest BCUT2D eigenvalue weighted by Crippen LogP contribution is -2.59. The lowest BCUT2D eigenvalue weighted by molar-refractivity contribution is 0.590. The molecule has 0 fully saturated rings. The zero-order chi connectivity index (χ0) is 64.1. The molecule has 0 amide bonds. The monoisotopic (exact) mass is 1210 g/mol. The molecule has 0 unspecified atom stereocenters. The van der Waals surface area contributed by atoms with Gasteiger partial charge in [-0.05, 0) is 191 Å². The van der Waals surface area contributed by atoms with E-state index in [1.165, 1.54) is 159 Å². The summed E-state index contributed by atoms with van der Waals surface area (Å²) in [6.07, 6.45) is 0. The van der Waals surface area contributed by atoms with Gasteiger partial charge in [0.25, 0.3) is 6.71 Å². The first-order valence-electron chi connectivity index (χ1n) is 33.2. The first-order chi connectivity index (χ1) is 43.8. The lowest BCUT2D eigenvalue weighted by atomic mass is 9.36. The summed E-state index contributed by atoms with van der Waals surface area (Å²) < 4.78 is 2.64. The Bertz CT molecular complexity index is 5010. The van der Waals surface area contributed by atoms with Crippen molar-refractivity contribution in [1.29, 1.82) is 0 Å². The van der Waals surface area contributed by atoms with Crippen LogP contribution in [0.4, 0.5) is 28.4 Å². The van der Waals surface area contributed by atoms with Gasteiger partial charge in [-0.25, -0.2) is 0 Å². The Morgan fingerprint density at radius 2 is 0.793 bits per heavy atom. The van der Waals surface area contributed by atoms with Crippen molar-refractivity contribution in [3.05, 3.63) is 252 Å². The third kappa shape index (κ3) is 9.99. The van der Waals surface area contributed by atoms with Gasteiger partial charge in [-0.2, -0.15) is 0 Å². The first kappa shape index (κ1) is 59.4. The maximum Gasteiger partial charge on any atom is 0.264 e. The van der Waals surface area contributed by atoms with Crippen LogP contribution in [0.15, 0.2) is 224 Å². The predicted molar refractivity (Wildman–Crippen MR) is 404 cm³/mol. The number of nitrogens with zero attached hydrogens (tertiary/aromatic N) is 1. The maximum absolute atomic E-state index is 4.34. The van der Waals surface area contributed by atoms with E-state index in [1.54, 1.807) is 0 Å². The summed E-state index contributed by atoms with van der Waals surface area (Å²) in [6.45, 7) is 34.8. The fourth-order valence-electron chi connectivity index (χ4n) is 14.8. The third-order valence-corrected chi connectivity index (χ3v) is 21.3. The summed E-state index contributed by atoms with van der Waals surface area (Å²) in [4.78, 5) is 2.68. The molecule has 4 heteroatoms. The zero-order valence-electron chi connectivity index (χ0n) is 56.3. The highest BCUT2D eigenvalue weighted by molar-refractivity contribution is 7.33. The number of benzene rings is 12. The largest absolute Gasteiger partial charge is 0.356 e. The summed E-state index contributed by atoms with van der Waals surface area (Å²) in [5, 5.41) is 13.3. The Morgan fingerprint density at radius 1 is 0.326 bits per heavy atom. The summed E-state index contributed by atoms with van der Waals surface area (Å²) in [5.41, 5.74) is 27.0. The van der Waals surface area contributed by atoms with Gasteiger partial charge in [-0.1, -0.05) is 280 Å². The third-order valence-electron chi connectivity index (χ3n) is 20.1. The molecule has 0 radical (unpaired) electrons. The number of hydrogen-bond donors (Lipinski definition) is 1. The highest BCUT2D eigenvalue weighted by Crippen LogP contribution is 2.53. The van der Waals surface area contributed by atoms with E-state index in [1.807, 2.05) is 11.3 Å². The van der Waals surface area contributed by atoms with Crippen molar-refractivity contribution < 1.29 is 0 Å². The quantitative estimate of drug-likeness (QED) is 0.132. The van der Waals surface area contributed by atoms with Crippen LogP contribution < -0.4 is 25.9 Å². The minimum absolute atomic E-state index is 0.00535. The van der Waals surface area contributed by atoms with Crippen LogP contribution in [0.3, 0.4) is 0 Å². The van der Waals surface area contributed by atoms with E-state index in [9.17, 15) is 0 Å². The molecule has 15 rings (SSSR count). The Hall–Kier alpha value is -8.96. The normalized spacial score (nSPS) is 13.4. The fourth-order valence-corrected chi connectivity index (χ4v) is 16.1. The van der Waals surface area contributed by atoms with Gasteiger partial charge in [0.15, 0.2) is 0 Å². The molecule has 0 saturated carbocycles. The number of thiophene rings is 1. The summed E-state index contributed by atoms with van der Waals surface area (Å²) in [7, 11) is 0. The van der Waals surface area contributed by atoms with Gasteiger partial charge in [0.2, 0.25) is 0 Å². The second-order valence-electron chi connectivity index (χ2n) is 31.4. The van der Waals surface area contributed by atoms with Crippen LogP contribution in [-0.2, 0) is 27.1 Å². The van der Waals surface area contributed by atoms with Crippen molar-refractivity contribution in [1.82, 2.24) is 0 Å². The van der Waals surface area contributed by atoms with Crippen LogP contribution in [0.25, 0.3) is 98.0 Å². The van der Waals surface area contributed by atoms with E-state index in [2.05, 4.69) is 339 Å². The Balaban J connectivity index is 1.03. The first-order valence-corrected chi connectivity index (χ1v) is 34.0. The molecule has 2 aliphatic heterocycles. The van der Waals surface area contributed by atoms with Crippen LogP contribution in [0.5, 0.6) is 0 Å². The van der Waals surface area contributed by atoms with Gasteiger partial charge in [-0.3, -0.25) is 0 Å². The Morgan fingerprint density at radius 3 is 1.34 bits per heavy atom. The van der Waals surface area contributed by atoms with Crippen LogP contribution in [0, 0.1) is 0 Å². The van der Waals surface area contributed by atoms with E-state index < -0.39 is 0 Å². The molecule has 0 spiro atoms. The van der Waals surface area contributed by atoms with Crippen LogP contribution in [0.1, 0.15) is 132 Å². The van der Waals surface area contributed by atoms with Gasteiger partial charge in [0, 0.05) is 43.1 Å². The molecular formula is C88H83BN2S. The van der Waals surface area contributed by atoms with Crippen molar-refractivity contribution >= 4 is 105 Å². The average Bonchev–Trinajstić information content (AvgIpc) is 1.35. The molecule has 0 saturated heterocycles. The molecule has 2 nitrogen and oxygen atoms in total. The number of anilines is 5. The minimum atomic E-state index is -0.114. The van der Waals surface area contributed by atoms with Crippen LogP contribution >= 0.6 is 11.3 Å². The number of nitrogens with one attached hydrogen (secondary N) is 1. The summed E-state index contributed by atoms with van der Waals surface area (Å²) >= 11 is 1.98. The Labute approximate surface area is 550 Å². The zero-order valence-corrected chi connectivity index (χ0v) is 57.1. The molecule has 0 bridgehead atoms. The van der Waals surface area contributed by atoms with Gasteiger partial charge < -0.3 is 10.2 Å². The van der Waals surface area contributed by atoms with Crippen molar-refractivity contribution in [3.63, 3.8) is 0 Å². The second kappa shape index (κ2) is 21.3. The van der Waals surface area contributed by atoms with Crippen molar-refractivity contribution in [2.24, 2.45) is 0 Å². The van der Waals surface area contributed by atoms with Crippen LogP contribution in [-0.4, -0.2) is 6.71 Å². The lowest BCUT2D eigenvalue weighted by Gasteiger charge is -2.41. The smallest absolute Gasteiger partial charge is 0.264 e. The summed E-state index contributed by atoms with van der Waals surface area (Å²) in [6, 6.07) is 87.2. The highest BCUT2D eigenvalue weighted by atomic mass is 32.1. The molecule has 454 valence electrons. The molecule has 0 aliphatic carbocycles. The van der Waals surface area contributed by atoms with Gasteiger partial charge >= 0.3 is 0 Å². The molecule has 3 heterocycles. The molecule has 1 aromatic heterocycles. The fraction of sp³-hybridized carbons (Fsp3) is 0.227. The van der Waals surface area contributed by atoms with Gasteiger partial charge in [-0.15, -0.1) is 11.3 Å². The van der Waals surface area contributed by atoms with E-state index in [0.29, 0.717) is 0 Å². The molecule has 13 aromatic rings. The highest BCUT2D eigenvalue weighted by Gasteiger charge is 2.45. The standard InChI is InChI=1S/C88H83BN2S/c1-84(2,3)58-37-30-53(31-38-58)57-49-73(79-63(54-32-39-59(40-33-54)85(4,5)6)26-20-27-64(79)55-34-41-60(42-35-55)86(7,8)9)81-74(50-57)89-80-75(90-81)28-21-29-77(80)91(82-72-52-62(88(13,14)15)44-47-78(72)92-83(82)89)76-46-43-61(87(10,11)12)51-70(76)56-36-45-69-67-24-17-16-22-65(67)66-23-18-19-25-68(66)71(69)48-56/h16-52,90H,1-15H3.